The summed E-state index contributed by atoms with van der Waals surface area (Å²) in [7, 11) is 1.63. The zero-order valence-electron chi connectivity index (χ0n) is 16.0. The van der Waals surface area contributed by atoms with Crippen LogP contribution in [0.5, 0.6) is 5.75 Å². The third-order valence-electron chi connectivity index (χ3n) is 5.66. The number of methoxy groups -OCH3 is 1. The van der Waals surface area contributed by atoms with E-state index in [1.54, 1.807) is 7.11 Å². The van der Waals surface area contributed by atoms with E-state index in [0.29, 0.717) is 17.1 Å². The van der Waals surface area contributed by atoms with Crippen LogP contribution >= 0.6 is 0 Å². The minimum atomic E-state index is 0.118. The summed E-state index contributed by atoms with van der Waals surface area (Å²) < 4.78 is 5.34. The summed E-state index contributed by atoms with van der Waals surface area (Å²) in [6.07, 6.45) is 2.52. The van der Waals surface area contributed by atoms with Crippen molar-refractivity contribution in [3.05, 3.63) is 64.3 Å². The van der Waals surface area contributed by atoms with Crippen LogP contribution in [0.3, 0.4) is 0 Å². The third kappa shape index (κ3) is 3.62. The van der Waals surface area contributed by atoms with E-state index >= 15 is 0 Å². The van der Waals surface area contributed by atoms with Crippen molar-refractivity contribution in [2.24, 2.45) is 5.92 Å². The number of hydrogen-bond acceptors (Lipinski definition) is 2. The molecule has 140 valence electrons. The van der Waals surface area contributed by atoms with Gasteiger partial charge in [-0.15, -0.1) is 0 Å². The number of pyridine rings is 1. The third-order valence-corrected chi connectivity index (χ3v) is 5.66. The molecule has 4 nitrogen and oxygen atoms in total. The monoisotopic (exact) mass is 363 g/mol. The number of H-pyrrole nitrogens is 1. The molecule has 0 amide bonds. The maximum Gasteiger partial charge on any atom is 0.199 e. The number of fused-ring (bicyclic) bond motifs is 1. The molecule has 0 spiro atoms. The molecule has 2 heterocycles. The van der Waals surface area contributed by atoms with Gasteiger partial charge in [0.15, 0.2) is 5.43 Å². The van der Waals surface area contributed by atoms with E-state index in [0.717, 1.165) is 42.0 Å². The number of aromatic amines is 1. The van der Waals surface area contributed by atoms with Crippen LogP contribution < -0.4 is 15.1 Å². The fourth-order valence-electron chi connectivity index (χ4n) is 4.26. The molecule has 0 bridgehead atoms. The van der Waals surface area contributed by atoms with Crippen molar-refractivity contribution >= 4 is 10.9 Å². The first kappa shape index (κ1) is 17.8. The lowest BCUT2D eigenvalue weighted by Gasteiger charge is -2.28. The molecule has 1 fully saturated rings. The van der Waals surface area contributed by atoms with Crippen LogP contribution in [-0.2, 0) is 6.54 Å². The van der Waals surface area contributed by atoms with E-state index in [9.17, 15) is 4.79 Å². The lowest BCUT2D eigenvalue weighted by molar-refractivity contribution is -0.922. The quantitative estimate of drug-likeness (QED) is 0.749. The second-order valence-electron chi connectivity index (χ2n) is 7.71. The number of ether oxygens (including phenoxy) is 1. The van der Waals surface area contributed by atoms with Crippen LogP contribution in [0.15, 0.2) is 53.3 Å². The van der Waals surface area contributed by atoms with E-state index in [4.69, 9.17) is 4.74 Å². The highest BCUT2D eigenvalue weighted by Gasteiger charge is 2.24. The first-order chi connectivity index (χ1) is 13.2. The van der Waals surface area contributed by atoms with Crippen LogP contribution in [-0.4, -0.2) is 25.2 Å². The van der Waals surface area contributed by atoms with Crippen LogP contribution in [0, 0.1) is 5.92 Å². The molecule has 2 atom stereocenters. The summed E-state index contributed by atoms with van der Waals surface area (Å²) in [5, 5.41) is 0.702. The standard InChI is InChI=1S/C23H26N2O2/c1-16-7-6-12-25(14-16)15-20-22(17-8-4-3-5-9-17)24-21-11-10-18(27-2)13-19(21)23(20)26/h3-5,8-11,13,16H,6-7,12,14-15H2,1-2H3,(H,24,26)/p+1/t16-/m0/s1. The predicted molar refractivity (Wildman–Crippen MR) is 109 cm³/mol. The first-order valence-corrected chi connectivity index (χ1v) is 9.77. The van der Waals surface area contributed by atoms with Gasteiger partial charge in [0.2, 0.25) is 0 Å². The molecule has 0 saturated carbocycles. The fourth-order valence-corrected chi connectivity index (χ4v) is 4.26. The second kappa shape index (κ2) is 7.57. The average molecular weight is 363 g/mol. The Balaban J connectivity index is 1.87. The fraction of sp³-hybridized carbons (Fsp3) is 0.348. The van der Waals surface area contributed by atoms with Gasteiger partial charge in [0.1, 0.15) is 12.3 Å². The Labute approximate surface area is 159 Å². The van der Waals surface area contributed by atoms with Gasteiger partial charge in [-0.25, -0.2) is 0 Å². The zero-order valence-corrected chi connectivity index (χ0v) is 16.0. The van der Waals surface area contributed by atoms with E-state index in [-0.39, 0.29) is 5.43 Å². The minimum absolute atomic E-state index is 0.118. The van der Waals surface area contributed by atoms with Crippen molar-refractivity contribution in [2.45, 2.75) is 26.3 Å². The maximum absolute atomic E-state index is 13.5. The van der Waals surface area contributed by atoms with E-state index in [2.05, 4.69) is 24.0 Å². The van der Waals surface area contributed by atoms with Crippen molar-refractivity contribution in [1.82, 2.24) is 4.98 Å². The number of likely N-dealkylation sites (tertiary alicyclic amines) is 1. The van der Waals surface area contributed by atoms with Crippen molar-refractivity contribution in [1.29, 1.82) is 0 Å². The van der Waals surface area contributed by atoms with Crippen molar-refractivity contribution in [2.75, 3.05) is 20.2 Å². The lowest BCUT2D eigenvalue weighted by Crippen LogP contribution is -3.12. The lowest BCUT2D eigenvalue weighted by atomic mass is 9.98. The molecule has 2 aromatic carbocycles. The molecule has 1 aliphatic rings. The summed E-state index contributed by atoms with van der Waals surface area (Å²) in [5.41, 5.74) is 3.86. The van der Waals surface area contributed by atoms with Gasteiger partial charge < -0.3 is 14.6 Å². The van der Waals surface area contributed by atoms with Crippen molar-refractivity contribution < 1.29 is 9.64 Å². The first-order valence-electron chi connectivity index (χ1n) is 9.77. The van der Waals surface area contributed by atoms with E-state index in [1.165, 1.54) is 17.7 Å². The van der Waals surface area contributed by atoms with Gasteiger partial charge in [-0.3, -0.25) is 4.79 Å². The SMILES string of the molecule is COc1ccc2[nH]c(-c3ccccc3)c(C[NH+]3CCC[C@H](C)C3)c(=O)c2c1. The molecule has 1 unspecified atom stereocenters. The number of quaternary nitrogens is 1. The summed E-state index contributed by atoms with van der Waals surface area (Å²) in [4.78, 5) is 18.5. The minimum Gasteiger partial charge on any atom is -0.497 e. The van der Waals surface area contributed by atoms with Crippen LogP contribution in [0.4, 0.5) is 0 Å². The molecular formula is C23H27N2O2+. The van der Waals surface area contributed by atoms with Crippen LogP contribution in [0.2, 0.25) is 0 Å². The smallest absolute Gasteiger partial charge is 0.199 e. The Kier molecular flexibility index (Phi) is 4.99. The number of hydrogen-bond donors (Lipinski definition) is 2. The zero-order chi connectivity index (χ0) is 18.8. The van der Waals surface area contributed by atoms with Gasteiger partial charge in [0.25, 0.3) is 0 Å². The maximum atomic E-state index is 13.5. The van der Waals surface area contributed by atoms with E-state index < -0.39 is 0 Å². The molecule has 3 aromatic rings. The van der Waals surface area contributed by atoms with Crippen LogP contribution in [0.1, 0.15) is 25.3 Å². The second-order valence-corrected chi connectivity index (χ2v) is 7.71. The highest BCUT2D eigenvalue weighted by Crippen LogP contribution is 2.24. The van der Waals surface area contributed by atoms with Gasteiger partial charge in [-0.2, -0.15) is 0 Å². The average Bonchev–Trinajstić information content (AvgIpc) is 2.70. The molecule has 1 aliphatic heterocycles. The van der Waals surface area contributed by atoms with Gasteiger partial charge >= 0.3 is 0 Å². The summed E-state index contributed by atoms with van der Waals surface area (Å²) in [5.74, 6) is 1.43. The van der Waals surface area contributed by atoms with Gasteiger partial charge in [0, 0.05) is 11.3 Å². The van der Waals surface area contributed by atoms with Gasteiger partial charge in [-0.05, 0) is 36.6 Å². The molecule has 1 aromatic heterocycles. The molecular weight excluding hydrogens is 336 g/mol. The number of aromatic nitrogens is 1. The van der Waals surface area contributed by atoms with E-state index in [1.807, 2.05) is 36.4 Å². The molecule has 1 saturated heterocycles. The Hall–Kier alpha value is -2.59. The van der Waals surface area contributed by atoms with Crippen LogP contribution in [0.25, 0.3) is 22.2 Å². The normalized spacial score (nSPS) is 19.9. The number of piperidine rings is 1. The Morgan fingerprint density at radius 1 is 1.19 bits per heavy atom. The van der Waals surface area contributed by atoms with Crippen molar-refractivity contribution in [3.63, 3.8) is 0 Å². The molecule has 2 N–H and O–H groups in total. The molecule has 0 radical (unpaired) electrons. The number of nitrogens with one attached hydrogen (secondary N) is 2. The Morgan fingerprint density at radius 3 is 2.74 bits per heavy atom. The van der Waals surface area contributed by atoms with Gasteiger partial charge in [0.05, 0.1) is 37.0 Å². The molecule has 27 heavy (non-hydrogen) atoms. The molecule has 0 aliphatic carbocycles. The molecule has 4 rings (SSSR count). The number of rotatable bonds is 4. The number of benzene rings is 2. The molecule has 4 heteroatoms. The summed E-state index contributed by atoms with van der Waals surface area (Å²) in [6, 6.07) is 15.9. The summed E-state index contributed by atoms with van der Waals surface area (Å²) in [6.45, 7) is 5.34. The van der Waals surface area contributed by atoms with Gasteiger partial charge in [-0.1, -0.05) is 37.3 Å². The largest absolute Gasteiger partial charge is 0.497 e. The predicted octanol–water partition coefficient (Wildman–Crippen LogP) is 3.02. The topological polar surface area (TPSA) is 46.5 Å². The Morgan fingerprint density at radius 2 is 2.00 bits per heavy atom. The summed E-state index contributed by atoms with van der Waals surface area (Å²) >= 11 is 0. The van der Waals surface area contributed by atoms with Crippen molar-refractivity contribution in [3.8, 4) is 17.0 Å². The highest BCUT2D eigenvalue weighted by atomic mass is 16.5. The highest BCUT2D eigenvalue weighted by molar-refractivity contribution is 5.84. The Bertz CT molecular complexity index is 994.